The highest BCUT2D eigenvalue weighted by molar-refractivity contribution is 6.30. The van der Waals surface area contributed by atoms with Gasteiger partial charge in [-0.25, -0.2) is 4.98 Å². The zero-order chi connectivity index (χ0) is 17.8. The number of nitrogens with one attached hydrogen (secondary N) is 2. The monoisotopic (exact) mass is 361 g/mol. The molecule has 0 fully saturated rings. The molecule has 128 valence electrons. The summed E-state index contributed by atoms with van der Waals surface area (Å²) in [4.78, 5) is 13.3. The van der Waals surface area contributed by atoms with E-state index in [4.69, 9.17) is 11.6 Å². The number of rotatable bonds is 5. The predicted molar refractivity (Wildman–Crippen MR) is 106 cm³/mol. The van der Waals surface area contributed by atoms with Crippen molar-refractivity contribution in [2.75, 3.05) is 10.6 Å². The second-order valence-corrected chi connectivity index (χ2v) is 6.20. The minimum absolute atomic E-state index is 0.523. The first-order valence-corrected chi connectivity index (χ1v) is 8.58. The van der Waals surface area contributed by atoms with Crippen molar-refractivity contribution in [2.24, 2.45) is 0 Å². The maximum Gasteiger partial charge on any atom is 0.229 e. The molecule has 0 unspecified atom stereocenters. The summed E-state index contributed by atoms with van der Waals surface area (Å²) in [6, 6.07) is 19.5. The molecular weight excluding hydrogens is 346 g/mol. The molecule has 0 saturated carbocycles. The van der Waals surface area contributed by atoms with Crippen LogP contribution >= 0.6 is 11.6 Å². The Morgan fingerprint density at radius 1 is 0.885 bits per heavy atom. The number of anilines is 3. The van der Waals surface area contributed by atoms with Crippen molar-refractivity contribution in [2.45, 2.75) is 6.54 Å². The molecule has 0 radical (unpaired) electrons. The summed E-state index contributed by atoms with van der Waals surface area (Å²) in [5.41, 5.74) is 2.83. The molecule has 2 heterocycles. The SMILES string of the molecule is Clc1ccc(CNc2nc(Nc3cccnc3)nc3ccccc23)cc1. The van der Waals surface area contributed by atoms with Crippen LogP contribution in [0, 0.1) is 0 Å². The predicted octanol–water partition coefficient (Wildman–Crippen LogP) is 5.03. The maximum atomic E-state index is 5.95. The van der Waals surface area contributed by atoms with Crippen molar-refractivity contribution >= 4 is 40.0 Å². The molecule has 26 heavy (non-hydrogen) atoms. The van der Waals surface area contributed by atoms with Crippen molar-refractivity contribution in [1.29, 1.82) is 0 Å². The quantitative estimate of drug-likeness (QED) is 0.521. The van der Waals surface area contributed by atoms with Gasteiger partial charge in [0.05, 0.1) is 17.4 Å². The highest BCUT2D eigenvalue weighted by Gasteiger charge is 2.08. The summed E-state index contributed by atoms with van der Waals surface area (Å²) in [6.45, 7) is 0.643. The average molecular weight is 362 g/mol. The Morgan fingerprint density at radius 3 is 2.54 bits per heavy atom. The first-order chi connectivity index (χ1) is 12.8. The third-order valence-corrected chi connectivity index (χ3v) is 4.15. The number of para-hydroxylation sites is 1. The second-order valence-electron chi connectivity index (χ2n) is 5.76. The van der Waals surface area contributed by atoms with Crippen molar-refractivity contribution in [3.8, 4) is 0 Å². The molecule has 4 rings (SSSR count). The zero-order valence-electron chi connectivity index (χ0n) is 13.9. The van der Waals surface area contributed by atoms with Gasteiger partial charge in [-0.3, -0.25) is 4.98 Å². The van der Waals surface area contributed by atoms with Crippen LogP contribution in [0.15, 0.2) is 73.1 Å². The molecule has 0 aliphatic rings. The molecule has 5 nitrogen and oxygen atoms in total. The average Bonchev–Trinajstić information content (AvgIpc) is 2.68. The third kappa shape index (κ3) is 3.73. The Morgan fingerprint density at radius 2 is 1.73 bits per heavy atom. The van der Waals surface area contributed by atoms with Gasteiger partial charge in [-0.15, -0.1) is 0 Å². The van der Waals surface area contributed by atoms with Crippen molar-refractivity contribution < 1.29 is 0 Å². The fourth-order valence-corrected chi connectivity index (χ4v) is 2.75. The number of fused-ring (bicyclic) bond motifs is 1. The Balaban J connectivity index is 1.64. The van der Waals surface area contributed by atoms with Gasteiger partial charge in [0.25, 0.3) is 0 Å². The van der Waals surface area contributed by atoms with E-state index < -0.39 is 0 Å². The lowest BCUT2D eigenvalue weighted by molar-refractivity contribution is 1.10. The molecule has 0 bridgehead atoms. The number of aromatic nitrogens is 3. The van der Waals surface area contributed by atoms with Gasteiger partial charge in [-0.2, -0.15) is 4.98 Å². The number of benzene rings is 2. The van der Waals surface area contributed by atoms with Crippen LogP contribution in [-0.4, -0.2) is 15.0 Å². The Hall–Kier alpha value is -3.18. The number of hydrogen-bond donors (Lipinski definition) is 2. The molecule has 2 aromatic carbocycles. The van der Waals surface area contributed by atoms with Crippen LogP contribution in [0.3, 0.4) is 0 Å². The van der Waals surface area contributed by atoms with E-state index in [1.54, 1.807) is 12.4 Å². The fraction of sp³-hybridized carbons (Fsp3) is 0.0500. The summed E-state index contributed by atoms with van der Waals surface area (Å²) in [6.07, 6.45) is 3.46. The van der Waals surface area contributed by atoms with E-state index in [1.165, 1.54) is 0 Å². The van der Waals surface area contributed by atoms with E-state index >= 15 is 0 Å². The molecule has 2 aromatic heterocycles. The van der Waals surface area contributed by atoms with E-state index in [-0.39, 0.29) is 0 Å². The minimum Gasteiger partial charge on any atom is -0.365 e. The number of nitrogens with zero attached hydrogens (tertiary/aromatic N) is 3. The molecule has 0 spiro atoms. The molecule has 0 atom stereocenters. The first kappa shape index (κ1) is 16.3. The second kappa shape index (κ2) is 7.37. The summed E-state index contributed by atoms with van der Waals surface area (Å²) < 4.78 is 0. The van der Waals surface area contributed by atoms with E-state index in [0.29, 0.717) is 12.5 Å². The standard InChI is InChI=1S/C20H16ClN5/c21-15-9-7-14(8-10-15)12-23-19-17-5-1-2-6-18(17)25-20(26-19)24-16-4-3-11-22-13-16/h1-11,13H,12H2,(H2,23,24,25,26). The third-order valence-electron chi connectivity index (χ3n) is 3.89. The highest BCUT2D eigenvalue weighted by Crippen LogP contribution is 2.24. The Labute approximate surface area is 156 Å². The normalized spacial score (nSPS) is 10.7. The lowest BCUT2D eigenvalue weighted by Crippen LogP contribution is -2.05. The van der Waals surface area contributed by atoms with E-state index in [1.807, 2.05) is 60.7 Å². The number of hydrogen-bond acceptors (Lipinski definition) is 5. The van der Waals surface area contributed by atoms with Crippen LogP contribution in [0.2, 0.25) is 5.02 Å². The largest absolute Gasteiger partial charge is 0.365 e. The van der Waals surface area contributed by atoms with Crippen molar-refractivity contribution in [1.82, 2.24) is 15.0 Å². The van der Waals surface area contributed by atoms with Crippen LogP contribution in [0.4, 0.5) is 17.5 Å². The lowest BCUT2D eigenvalue weighted by atomic mass is 10.2. The van der Waals surface area contributed by atoms with Gasteiger partial charge >= 0.3 is 0 Å². The Kier molecular flexibility index (Phi) is 4.62. The van der Waals surface area contributed by atoms with Gasteiger partial charge in [0.15, 0.2) is 0 Å². The van der Waals surface area contributed by atoms with Gasteiger partial charge in [-0.1, -0.05) is 35.9 Å². The smallest absolute Gasteiger partial charge is 0.229 e. The fourth-order valence-electron chi connectivity index (χ4n) is 2.62. The molecular formula is C20H16ClN5. The topological polar surface area (TPSA) is 62.7 Å². The van der Waals surface area contributed by atoms with Crippen molar-refractivity contribution in [3.63, 3.8) is 0 Å². The van der Waals surface area contributed by atoms with E-state index in [9.17, 15) is 0 Å². The molecule has 6 heteroatoms. The van der Waals surface area contributed by atoms with Gasteiger partial charge in [0, 0.05) is 23.2 Å². The summed E-state index contributed by atoms with van der Waals surface area (Å²) >= 11 is 5.95. The van der Waals surface area contributed by atoms with Crippen LogP contribution < -0.4 is 10.6 Å². The van der Waals surface area contributed by atoms with Crippen LogP contribution in [0.5, 0.6) is 0 Å². The molecule has 2 N–H and O–H groups in total. The summed E-state index contributed by atoms with van der Waals surface area (Å²) in [5.74, 6) is 1.30. The zero-order valence-corrected chi connectivity index (χ0v) is 14.6. The number of halogens is 1. The summed E-state index contributed by atoms with van der Waals surface area (Å²) in [7, 11) is 0. The molecule has 0 saturated heterocycles. The minimum atomic E-state index is 0.523. The van der Waals surface area contributed by atoms with Crippen LogP contribution in [0.1, 0.15) is 5.56 Å². The van der Waals surface area contributed by atoms with Gasteiger partial charge in [-0.05, 0) is 42.0 Å². The van der Waals surface area contributed by atoms with E-state index in [2.05, 4.69) is 25.6 Å². The van der Waals surface area contributed by atoms with Crippen LogP contribution in [0.25, 0.3) is 10.9 Å². The van der Waals surface area contributed by atoms with Gasteiger partial charge in [0.2, 0.25) is 5.95 Å². The highest BCUT2D eigenvalue weighted by atomic mass is 35.5. The van der Waals surface area contributed by atoms with Crippen LogP contribution in [-0.2, 0) is 6.54 Å². The molecule has 0 aliphatic heterocycles. The first-order valence-electron chi connectivity index (χ1n) is 8.20. The number of pyridine rings is 1. The molecule has 0 aliphatic carbocycles. The maximum absolute atomic E-state index is 5.95. The Bertz CT molecular complexity index is 1020. The summed E-state index contributed by atoms with van der Waals surface area (Å²) in [5, 5.41) is 8.30. The molecule has 4 aromatic rings. The van der Waals surface area contributed by atoms with Gasteiger partial charge < -0.3 is 10.6 Å². The van der Waals surface area contributed by atoms with Gasteiger partial charge in [0.1, 0.15) is 5.82 Å². The molecule has 0 amide bonds. The van der Waals surface area contributed by atoms with Crippen molar-refractivity contribution in [3.05, 3.63) is 83.6 Å². The van der Waals surface area contributed by atoms with E-state index in [0.717, 1.165) is 33.0 Å². The lowest BCUT2D eigenvalue weighted by Gasteiger charge is -2.12.